The first-order chi connectivity index (χ1) is 11.3. The Balaban J connectivity index is 2.63. The number of carbonyl (C=O) groups is 3. The Labute approximate surface area is 141 Å². The maximum atomic E-state index is 12.3. The number of hydrogen-bond donors (Lipinski definition) is 3. The second-order valence-corrected chi connectivity index (χ2v) is 6.20. The first kappa shape index (κ1) is 19.8. The largest absolute Gasteiger partial charge is 0.320 e. The van der Waals surface area contributed by atoms with E-state index in [9.17, 15) is 19.6 Å². The number of rotatable bonds is 9. The predicted molar refractivity (Wildman–Crippen MR) is 88.8 cm³/mol. The lowest BCUT2D eigenvalue weighted by Crippen LogP contribution is -2.48. The monoisotopic (exact) mass is 335 g/mol. The third-order valence-electron chi connectivity index (χ3n) is 3.54. The molecular formula is C17H25N3O4. The molecule has 4 N–H and O–H groups in total. The first-order valence-corrected chi connectivity index (χ1v) is 7.88. The number of hydrogen-bond acceptors (Lipinski definition) is 5. The van der Waals surface area contributed by atoms with E-state index in [1.165, 1.54) is 0 Å². The fourth-order valence-electron chi connectivity index (χ4n) is 2.38. The average Bonchev–Trinajstić information content (AvgIpc) is 2.54. The molecule has 7 heteroatoms. The maximum Gasteiger partial charge on any atom is 0.243 e. The third kappa shape index (κ3) is 6.89. The van der Waals surface area contributed by atoms with Crippen LogP contribution < -0.4 is 11.1 Å². The average molecular weight is 335 g/mol. The quantitative estimate of drug-likeness (QED) is 0.349. The Morgan fingerprint density at radius 3 is 2.42 bits per heavy atom. The summed E-state index contributed by atoms with van der Waals surface area (Å²) in [7, 11) is 0. The van der Waals surface area contributed by atoms with Gasteiger partial charge < -0.3 is 5.73 Å². The molecule has 3 amide bonds. The molecular weight excluding hydrogens is 310 g/mol. The molecule has 0 aromatic heterocycles. The molecule has 2 atom stereocenters. The lowest BCUT2D eigenvalue weighted by atomic mass is 9.96. The van der Waals surface area contributed by atoms with Gasteiger partial charge in [-0.2, -0.15) is 0 Å². The molecule has 0 aliphatic rings. The maximum absolute atomic E-state index is 12.3. The predicted octanol–water partition coefficient (Wildman–Crippen LogP) is 0.709. The zero-order valence-electron chi connectivity index (χ0n) is 14.0. The number of benzene rings is 1. The summed E-state index contributed by atoms with van der Waals surface area (Å²) in [6.07, 6.45) is 0.969. The van der Waals surface area contributed by atoms with Crippen LogP contribution in [0.5, 0.6) is 0 Å². The second kappa shape index (κ2) is 9.79. The minimum Gasteiger partial charge on any atom is -0.320 e. The highest BCUT2D eigenvalue weighted by molar-refractivity contribution is 5.98. The van der Waals surface area contributed by atoms with Crippen molar-refractivity contribution in [2.45, 2.75) is 32.7 Å². The van der Waals surface area contributed by atoms with Gasteiger partial charge in [0.15, 0.2) is 0 Å². The van der Waals surface area contributed by atoms with E-state index in [4.69, 9.17) is 5.73 Å². The summed E-state index contributed by atoms with van der Waals surface area (Å²) in [5.74, 6) is -1.65. The van der Waals surface area contributed by atoms with Gasteiger partial charge in [0, 0.05) is 0 Å². The number of nitrogens with two attached hydrogens (primary N) is 1. The summed E-state index contributed by atoms with van der Waals surface area (Å²) in [5.41, 5.74) is 6.74. The number of nitrogens with zero attached hydrogens (tertiary/aromatic N) is 1. The van der Waals surface area contributed by atoms with Crippen molar-refractivity contribution in [1.29, 1.82) is 0 Å². The smallest absolute Gasteiger partial charge is 0.243 e. The molecule has 1 aromatic rings. The van der Waals surface area contributed by atoms with E-state index < -0.39 is 23.8 Å². The van der Waals surface area contributed by atoms with Crippen LogP contribution in [0.15, 0.2) is 30.3 Å². The van der Waals surface area contributed by atoms with Crippen LogP contribution in [0.25, 0.3) is 0 Å². The van der Waals surface area contributed by atoms with Gasteiger partial charge in [-0.3, -0.25) is 24.9 Å². The highest BCUT2D eigenvalue weighted by atomic mass is 16.5. The third-order valence-corrected chi connectivity index (χ3v) is 3.54. The molecule has 1 rings (SSSR count). The molecule has 24 heavy (non-hydrogen) atoms. The SMILES string of the molecule is CC(C)C[C@H](CN(O)C=O)C(=O)NC(=O)[C@@H](N)Cc1ccccc1. The van der Waals surface area contributed by atoms with Crippen molar-refractivity contribution in [3.63, 3.8) is 0 Å². The zero-order valence-corrected chi connectivity index (χ0v) is 14.0. The van der Waals surface area contributed by atoms with Gasteiger partial charge in [-0.05, 0) is 24.3 Å². The summed E-state index contributed by atoms with van der Waals surface area (Å²) in [4.78, 5) is 34.9. The molecule has 132 valence electrons. The van der Waals surface area contributed by atoms with E-state index in [1.807, 2.05) is 44.2 Å². The fraction of sp³-hybridized carbons (Fsp3) is 0.471. The van der Waals surface area contributed by atoms with Crippen LogP contribution in [-0.4, -0.2) is 41.1 Å². The summed E-state index contributed by atoms with van der Waals surface area (Å²) in [6.45, 7) is 3.65. The van der Waals surface area contributed by atoms with Crippen LogP contribution in [0.1, 0.15) is 25.8 Å². The Bertz CT molecular complexity index is 548. The Morgan fingerprint density at radius 2 is 1.88 bits per heavy atom. The fourth-order valence-corrected chi connectivity index (χ4v) is 2.38. The minimum atomic E-state index is -0.854. The molecule has 0 bridgehead atoms. The number of nitrogens with one attached hydrogen (secondary N) is 1. The van der Waals surface area contributed by atoms with Crippen molar-refractivity contribution in [2.75, 3.05) is 6.54 Å². The molecule has 0 aliphatic carbocycles. The van der Waals surface area contributed by atoms with Gasteiger partial charge in [0.1, 0.15) is 0 Å². The van der Waals surface area contributed by atoms with Gasteiger partial charge in [-0.25, -0.2) is 5.06 Å². The van der Waals surface area contributed by atoms with E-state index >= 15 is 0 Å². The van der Waals surface area contributed by atoms with Crippen molar-refractivity contribution in [3.05, 3.63) is 35.9 Å². The van der Waals surface area contributed by atoms with Crippen molar-refractivity contribution in [1.82, 2.24) is 10.4 Å². The lowest BCUT2D eigenvalue weighted by Gasteiger charge is -2.21. The molecule has 7 nitrogen and oxygen atoms in total. The van der Waals surface area contributed by atoms with Gasteiger partial charge in [0.2, 0.25) is 18.2 Å². The molecule has 0 fully saturated rings. The Morgan fingerprint density at radius 1 is 1.25 bits per heavy atom. The molecule has 0 spiro atoms. The van der Waals surface area contributed by atoms with Crippen molar-refractivity contribution in [2.24, 2.45) is 17.6 Å². The van der Waals surface area contributed by atoms with Crippen LogP contribution in [-0.2, 0) is 20.8 Å². The lowest BCUT2D eigenvalue weighted by molar-refractivity contribution is -0.155. The summed E-state index contributed by atoms with van der Waals surface area (Å²) >= 11 is 0. The number of imide groups is 1. The van der Waals surface area contributed by atoms with Gasteiger partial charge in [-0.1, -0.05) is 44.2 Å². The summed E-state index contributed by atoms with van der Waals surface area (Å²) < 4.78 is 0. The summed E-state index contributed by atoms with van der Waals surface area (Å²) in [6, 6.07) is 8.41. The van der Waals surface area contributed by atoms with Crippen LogP contribution >= 0.6 is 0 Å². The molecule has 0 radical (unpaired) electrons. The van der Waals surface area contributed by atoms with E-state index in [0.29, 0.717) is 17.9 Å². The molecule has 0 heterocycles. The molecule has 0 aliphatic heterocycles. The van der Waals surface area contributed by atoms with E-state index in [2.05, 4.69) is 5.32 Å². The van der Waals surface area contributed by atoms with Crippen molar-refractivity contribution in [3.8, 4) is 0 Å². The molecule has 0 saturated carbocycles. The van der Waals surface area contributed by atoms with E-state index in [0.717, 1.165) is 5.56 Å². The number of hydroxylamine groups is 2. The van der Waals surface area contributed by atoms with Crippen LogP contribution in [0.3, 0.4) is 0 Å². The molecule has 1 aromatic carbocycles. The van der Waals surface area contributed by atoms with Crippen molar-refractivity contribution >= 4 is 18.2 Å². The number of carbonyl (C=O) groups excluding carboxylic acids is 3. The highest BCUT2D eigenvalue weighted by Gasteiger charge is 2.25. The summed E-state index contributed by atoms with van der Waals surface area (Å²) in [5, 5.41) is 12.0. The van der Waals surface area contributed by atoms with E-state index in [-0.39, 0.29) is 18.9 Å². The van der Waals surface area contributed by atoms with Gasteiger partial charge in [-0.15, -0.1) is 0 Å². The molecule has 0 saturated heterocycles. The van der Waals surface area contributed by atoms with Crippen LogP contribution in [0.4, 0.5) is 0 Å². The van der Waals surface area contributed by atoms with Gasteiger partial charge in [0.25, 0.3) is 0 Å². The Kier molecular flexibility index (Phi) is 8.08. The zero-order chi connectivity index (χ0) is 18.1. The van der Waals surface area contributed by atoms with Crippen LogP contribution in [0.2, 0.25) is 0 Å². The van der Waals surface area contributed by atoms with Gasteiger partial charge >= 0.3 is 0 Å². The topological polar surface area (TPSA) is 113 Å². The molecule has 0 unspecified atom stereocenters. The standard InChI is InChI=1S/C17H25N3O4/c1-12(2)8-14(10-20(24)11-21)16(22)19-17(23)15(18)9-13-6-4-3-5-7-13/h3-7,11-12,14-15,24H,8-10,18H2,1-2H3,(H,19,22,23)/t14-,15+/m1/s1. The Hall–Kier alpha value is -2.25. The highest BCUT2D eigenvalue weighted by Crippen LogP contribution is 2.13. The van der Waals surface area contributed by atoms with Gasteiger partial charge in [0.05, 0.1) is 18.5 Å². The van der Waals surface area contributed by atoms with Crippen LogP contribution in [0, 0.1) is 11.8 Å². The van der Waals surface area contributed by atoms with Crippen molar-refractivity contribution < 1.29 is 19.6 Å². The minimum absolute atomic E-state index is 0.161. The van der Waals surface area contributed by atoms with E-state index in [1.54, 1.807) is 0 Å². The second-order valence-electron chi connectivity index (χ2n) is 6.20. The normalized spacial score (nSPS) is 13.2. The first-order valence-electron chi connectivity index (χ1n) is 7.88. The number of amides is 3.